The van der Waals surface area contributed by atoms with Crippen molar-refractivity contribution in [3.63, 3.8) is 0 Å². The maximum atomic E-state index is 11.4. The summed E-state index contributed by atoms with van der Waals surface area (Å²) in [6.07, 6.45) is 3.22. The number of pyridine rings is 1. The van der Waals surface area contributed by atoms with Crippen LogP contribution >= 0.6 is 27.5 Å². The molecule has 14 heavy (non-hydrogen) atoms. The summed E-state index contributed by atoms with van der Waals surface area (Å²) in [5, 5.41) is 1.97. The fourth-order valence-corrected chi connectivity index (χ4v) is 1.56. The van der Waals surface area contributed by atoms with Crippen LogP contribution in [0, 0.1) is 0 Å². The zero-order chi connectivity index (χ0) is 10.6. The van der Waals surface area contributed by atoms with Crippen molar-refractivity contribution >= 4 is 33.4 Å². The Morgan fingerprint density at radius 1 is 1.71 bits per heavy atom. The van der Waals surface area contributed by atoms with E-state index in [0.29, 0.717) is 12.1 Å². The van der Waals surface area contributed by atoms with E-state index in [1.807, 2.05) is 6.92 Å². The van der Waals surface area contributed by atoms with Gasteiger partial charge in [-0.3, -0.25) is 9.78 Å². The molecule has 0 bridgehead atoms. The van der Waals surface area contributed by atoms with E-state index in [9.17, 15) is 4.79 Å². The van der Waals surface area contributed by atoms with E-state index in [0.717, 1.165) is 4.47 Å². The van der Waals surface area contributed by atoms with Crippen LogP contribution in [0.4, 0.5) is 0 Å². The molecule has 1 aromatic rings. The number of alkyl halides is 1. The summed E-state index contributed by atoms with van der Waals surface area (Å²) in [5.41, 5.74) is 0.687. The highest BCUT2D eigenvalue weighted by Gasteiger charge is 2.16. The minimum atomic E-state index is -0.681. The van der Waals surface area contributed by atoms with Crippen molar-refractivity contribution in [3.8, 4) is 0 Å². The summed E-state index contributed by atoms with van der Waals surface area (Å²) in [6, 6.07) is 1.78. The van der Waals surface area contributed by atoms with Crippen LogP contribution in [-0.4, -0.2) is 17.4 Å². The molecule has 0 aliphatic carbocycles. The molecule has 76 valence electrons. The zero-order valence-corrected chi connectivity index (χ0v) is 9.97. The SMILES string of the molecule is CCNC(=O)C(Cl)c1cncc(Br)c1. The predicted molar refractivity (Wildman–Crippen MR) is 59.2 cm³/mol. The topological polar surface area (TPSA) is 42.0 Å². The van der Waals surface area contributed by atoms with Crippen LogP contribution in [0.5, 0.6) is 0 Å². The minimum absolute atomic E-state index is 0.200. The lowest BCUT2D eigenvalue weighted by molar-refractivity contribution is -0.120. The van der Waals surface area contributed by atoms with Gasteiger partial charge in [-0.2, -0.15) is 0 Å². The second-order valence-corrected chi connectivity index (χ2v) is 4.05. The fourth-order valence-electron chi connectivity index (χ4n) is 0.982. The van der Waals surface area contributed by atoms with E-state index in [1.165, 1.54) is 0 Å². The molecule has 5 heteroatoms. The smallest absolute Gasteiger partial charge is 0.242 e. The first-order valence-corrected chi connectivity index (χ1v) is 5.40. The Labute approximate surface area is 96.0 Å². The van der Waals surface area contributed by atoms with Gasteiger partial charge >= 0.3 is 0 Å². The Bertz CT molecular complexity index is 332. The van der Waals surface area contributed by atoms with Gasteiger partial charge in [-0.05, 0) is 34.5 Å². The van der Waals surface area contributed by atoms with Crippen LogP contribution in [0.1, 0.15) is 17.9 Å². The van der Waals surface area contributed by atoms with E-state index in [2.05, 4.69) is 26.2 Å². The number of carbonyl (C=O) groups excluding carboxylic acids is 1. The molecular formula is C9H10BrClN2O. The van der Waals surface area contributed by atoms with Gasteiger partial charge < -0.3 is 5.32 Å². The Hall–Kier alpha value is -0.610. The quantitative estimate of drug-likeness (QED) is 0.861. The Balaban J connectivity index is 2.78. The van der Waals surface area contributed by atoms with Gasteiger partial charge in [0.1, 0.15) is 5.38 Å². The van der Waals surface area contributed by atoms with Crippen LogP contribution < -0.4 is 5.32 Å². The first kappa shape index (κ1) is 11.5. The molecule has 1 heterocycles. The third-order valence-corrected chi connectivity index (χ3v) is 2.48. The molecule has 0 saturated carbocycles. The van der Waals surface area contributed by atoms with Gasteiger partial charge in [-0.1, -0.05) is 0 Å². The lowest BCUT2D eigenvalue weighted by atomic mass is 10.2. The summed E-state index contributed by atoms with van der Waals surface area (Å²) >= 11 is 9.20. The number of amides is 1. The second-order valence-electron chi connectivity index (χ2n) is 2.69. The highest BCUT2D eigenvalue weighted by molar-refractivity contribution is 9.10. The number of rotatable bonds is 3. The van der Waals surface area contributed by atoms with Crippen LogP contribution in [0.25, 0.3) is 0 Å². The van der Waals surface area contributed by atoms with E-state index >= 15 is 0 Å². The first-order chi connectivity index (χ1) is 6.65. The summed E-state index contributed by atoms with van der Waals surface area (Å²) in [4.78, 5) is 15.3. The number of likely N-dealkylation sites (N-methyl/N-ethyl adjacent to an activating group) is 1. The average Bonchev–Trinajstić information content (AvgIpc) is 2.17. The van der Waals surface area contributed by atoms with Crippen molar-refractivity contribution in [1.29, 1.82) is 0 Å². The van der Waals surface area contributed by atoms with Crippen molar-refractivity contribution in [2.24, 2.45) is 0 Å². The Morgan fingerprint density at radius 2 is 2.43 bits per heavy atom. The van der Waals surface area contributed by atoms with Crippen molar-refractivity contribution in [3.05, 3.63) is 28.5 Å². The molecule has 0 aliphatic heterocycles. The molecule has 0 aromatic carbocycles. The van der Waals surface area contributed by atoms with Crippen molar-refractivity contribution in [1.82, 2.24) is 10.3 Å². The van der Waals surface area contributed by atoms with Crippen LogP contribution in [0.15, 0.2) is 22.9 Å². The van der Waals surface area contributed by atoms with Gasteiger partial charge in [-0.25, -0.2) is 0 Å². The van der Waals surface area contributed by atoms with Crippen LogP contribution in [0.3, 0.4) is 0 Å². The normalized spacial score (nSPS) is 12.2. The fraction of sp³-hybridized carbons (Fsp3) is 0.333. The van der Waals surface area contributed by atoms with Crippen molar-refractivity contribution < 1.29 is 4.79 Å². The van der Waals surface area contributed by atoms with Gasteiger partial charge in [-0.15, -0.1) is 11.6 Å². The van der Waals surface area contributed by atoms with Crippen molar-refractivity contribution in [2.45, 2.75) is 12.3 Å². The Morgan fingerprint density at radius 3 is 3.00 bits per heavy atom. The minimum Gasteiger partial charge on any atom is -0.355 e. The summed E-state index contributed by atoms with van der Waals surface area (Å²) < 4.78 is 0.810. The molecule has 3 nitrogen and oxygen atoms in total. The zero-order valence-electron chi connectivity index (χ0n) is 7.63. The monoisotopic (exact) mass is 276 g/mol. The number of aromatic nitrogens is 1. The van der Waals surface area contributed by atoms with E-state index in [-0.39, 0.29) is 5.91 Å². The second kappa shape index (κ2) is 5.32. The highest BCUT2D eigenvalue weighted by atomic mass is 79.9. The molecule has 1 unspecified atom stereocenters. The summed E-state index contributed by atoms with van der Waals surface area (Å²) in [6.45, 7) is 2.42. The number of carbonyl (C=O) groups is 1. The number of hydrogen-bond donors (Lipinski definition) is 1. The molecular weight excluding hydrogens is 267 g/mol. The molecule has 0 saturated heterocycles. The number of halogens is 2. The molecule has 0 spiro atoms. The highest BCUT2D eigenvalue weighted by Crippen LogP contribution is 2.22. The van der Waals surface area contributed by atoms with Gasteiger partial charge in [0.05, 0.1) is 0 Å². The molecule has 1 N–H and O–H groups in total. The average molecular weight is 278 g/mol. The van der Waals surface area contributed by atoms with Crippen molar-refractivity contribution in [2.75, 3.05) is 6.54 Å². The third-order valence-electron chi connectivity index (χ3n) is 1.60. The Kier molecular flexibility index (Phi) is 4.35. The van der Waals surface area contributed by atoms with E-state index in [4.69, 9.17) is 11.6 Å². The molecule has 0 radical (unpaired) electrons. The van der Waals surface area contributed by atoms with Gasteiger partial charge in [0, 0.05) is 23.4 Å². The molecule has 1 rings (SSSR count). The lowest BCUT2D eigenvalue weighted by Gasteiger charge is -2.08. The van der Waals surface area contributed by atoms with Gasteiger partial charge in [0.2, 0.25) is 5.91 Å². The standard InChI is InChI=1S/C9H10BrClN2O/c1-2-13-9(14)8(11)6-3-7(10)5-12-4-6/h3-5,8H,2H2,1H3,(H,13,14). The van der Waals surface area contributed by atoms with E-state index in [1.54, 1.807) is 18.5 Å². The molecule has 0 fully saturated rings. The summed E-state index contributed by atoms with van der Waals surface area (Å²) in [7, 11) is 0. The molecule has 1 aromatic heterocycles. The van der Waals surface area contributed by atoms with Gasteiger partial charge in [0.15, 0.2) is 0 Å². The van der Waals surface area contributed by atoms with E-state index < -0.39 is 5.38 Å². The summed E-state index contributed by atoms with van der Waals surface area (Å²) in [5.74, 6) is -0.200. The molecule has 1 atom stereocenters. The maximum absolute atomic E-state index is 11.4. The number of nitrogens with zero attached hydrogens (tertiary/aromatic N) is 1. The number of nitrogens with one attached hydrogen (secondary N) is 1. The van der Waals surface area contributed by atoms with Gasteiger partial charge in [0.25, 0.3) is 0 Å². The number of hydrogen-bond acceptors (Lipinski definition) is 2. The lowest BCUT2D eigenvalue weighted by Crippen LogP contribution is -2.26. The maximum Gasteiger partial charge on any atom is 0.242 e. The third kappa shape index (κ3) is 2.96. The largest absolute Gasteiger partial charge is 0.355 e. The van der Waals surface area contributed by atoms with Crippen LogP contribution in [0.2, 0.25) is 0 Å². The molecule has 1 amide bonds. The first-order valence-electron chi connectivity index (χ1n) is 4.17. The van der Waals surface area contributed by atoms with Crippen LogP contribution in [-0.2, 0) is 4.79 Å². The predicted octanol–water partition coefficient (Wildman–Crippen LogP) is 2.26. The molecule has 0 aliphatic rings.